The zero-order valence-electron chi connectivity index (χ0n) is 10.3. The lowest BCUT2D eigenvalue weighted by molar-refractivity contribution is 0.282. The molecule has 1 aliphatic rings. The van der Waals surface area contributed by atoms with Gasteiger partial charge in [0.1, 0.15) is 0 Å². The summed E-state index contributed by atoms with van der Waals surface area (Å²) >= 11 is 0. The van der Waals surface area contributed by atoms with Crippen LogP contribution in [0.15, 0.2) is 18.2 Å². The van der Waals surface area contributed by atoms with Crippen molar-refractivity contribution in [1.29, 1.82) is 0 Å². The van der Waals surface area contributed by atoms with Gasteiger partial charge in [-0.05, 0) is 42.9 Å². The number of aliphatic hydroxyl groups excluding tert-OH is 1. The van der Waals surface area contributed by atoms with E-state index < -0.39 is 0 Å². The van der Waals surface area contributed by atoms with Gasteiger partial charge < -0.3 is 10.0 Å². The molecule has 0 amide bonds. The molecule has 0 radical (unpaired) electrons. The van der Waals surface area contributed by atoms with Gasteiger partial charge in [-0.1, -0.05) is 18.1 Å². The summed E-state index contributed by atoms with van der Waals surface area (Å²) < 4.78 is 0. The van der Waals surface area contributed by atoms with E-state index in [0.29, 0.717) is 6.54 Å². The molecule has 2 rings (SSSR count). The lowest BCUT2D eigenvalue weighted by Crippen LogP contribution is -2.26. The van der Waals surface area contributed by atoms with E-state index in [-0.39, 0.29) is 6.61 Å². The summed E-state index contributed by atoms with van der Waals surface area (Å²) in [5, 5.41) is 9.10. The van der Waals surface area contributed by atoms with Gasteiger partial charge in [0.25, 0.3) is 0 Å². The quantitative estimate of drug-likeness (QED) is 0.783. The number of hydrogen-bond acceptors (Lipinski definition) is 2. The van der Waals surface area contributed by atoms with Crippen LogP contribution in [0.4, 0.5) is 5.69 Å². The predicted molar refractivity (Wildman–Crippen MR) is 70.9 cm³/mol. The Hall–Kier alpha value is -1.46. The Morgan fingerprint density at radius 3 is 2.76 bits per heavy atom. The van der Waals surface area contributed by atoms with E-state index in [9.17, 15) is 0 Å². The zero-order chi connectivity index (χ0) is 12.3. The molecule has 0 aliphatic heterocycles. The van der Waals surface area contributed by atoms with E-state index in [1.54, 1.807) is 0 Å². The molecule has 1 saturated carbocycles. The Bertz CT molecular complexity index is 429. The van der Waals surface area contributed by atoms with Crippen molar-refractivity contribution in [2.24, 2.45) is 5.92 Å². The minimum atomic E-state index is 0.0961. The Morgan fingerprint density at radius 2 is 2.24 bits per heavy atom. The maximum atomic E-state index is 9.10. The van der Waals surface area contributed by atoms with Crippen molar-refractivity contribution in [3.05, 3.63) is 29.3 Å². The van der Waals surface area contributed by atoms with Gasteiger partial charge in [-0.25, -0.2) is 0 Å². The average molecular weight is 229 g/mol. The van der Waals surface area contributed by atoms with E-state index in [2.05, 4.69) is 23.8 Å². The van der Waals surface area contributed by atoms with Crippen LogP contribution in [0.2, 0.25) is 0 Å². The molecular weight excluding hydrogens is 210 g/mol. The highest BCUT2D eigenvalue weighted by atomic mass is 16.3. The van der Waals surface area contributed by atoms with E-state index in [1.807, 2.05) is 12.1 Å². The summed E-state index contributed by atoms with van der Waals surface area (Å²) in [4.78, 5) is 2.27. The van der Waals surface area contributed by atoms with Crippen LogP contribution >= 0.6 is 0 Å². The number of nitrogens with zero attached hydrogens (tertiary/aromatic N) is 1. The lowest BCUT2D eigenvalue weighted by Gasteiger charge is -2.24. The monoisotopic (exact) mass is 229 g/mol. The van der Waals surface area contributed by atoms with Crippen molar-refractivity contribution in [3.63, 3.8) is 0 Å². The summed E-state index contributed by atoms with van der Waals surface area (Å²) in [6.07, 6.45) is 8.09. The predicted octanol–water partition coefficient (Wildman–Crippen LogP) is 2.34. The fourth-order valence-electron chi connectivity index (χ4n) is 2.14. The van der Waals surface area contributed by atoms with E-state index in [4.69, 9.17) is 11.5 Å². The number of aliphatic hydroxyl groups is 1. The summed E-state index contributed by atoms with van der Waals surface area (Å²) in [6.45, 7) is 3.89. The minimum absolute atomic E-state index is 0.0961. The summed E-state index contributed by atoms with van der Waals surface area (Å²) in [6, 6.07) is 6.07. The second-order valence-electron chi connectivity index (χ2n) is 4.81. The van der Waals surface area contributed by atoms with Crippen LogP contribution in [0.1, 0.15) is 24.0 Å². The molecule has 17 heavy (non-hydrogen) atoms. The van der Waals surface area contributed by atoms with Gasteiger partial charge in [0.2, 0.25) is 0 Å². The molecule has 0 spiro atoms. The highest BCUT2D eigenvalue weighted by Crippen LogP contribution is 2.32. The minimum Gasteiger partial charge on any atom is -0.392 e. The van der Waals surface area contributed by atoms with Gasteiger partial charge in [0, 0.05) is 12.2 Å². The molecule has 2 nitrogen and oxygen atoms in total. The first-order chi connectivity index (χ1) is 8.24. The fourth-order valence-corrected chi connectivity index (χ4v) is 2.14. The molecule has 0 bridgehead atoms. The van der Waals surface area contributed by atoms with Gasteiger partial charge in [0.05, 0.1) is 13.2 Å². The highest BCUT2D eigenvalue weighted by molar-refractivity contribution is 5.55. The van der Waals surface area contributed by atoms with Gasteiger partial charge >= 0.3 is 0 Å². The molecule has 0 unspecified atom stereocenters. The van der Waals surface area contributed by atoms with Crippen molar-refractivity contribution in [3.8, 4) is 12.3 Å². The normalized spacial score (nSPS) is 14.4. The van der Waals surface area contributed by atoms with Crippen LogP contribution in [0, 0.1) is 25.2 Å². The first-order valence-electron chi connectivity index (χ1n) is 6.13. The Kier molecular flexibility index (Phi) is 3.71. The number of benzene rings is 1. The van der Waals surface area contributed by atoms with Gasteiger partial charge in [-0.15, -0.1) is 6.42 Å². The van der Waals surface area contributed by atoms with Crippen LogP contribution in [0.5, 0.6) is 0 Å². The van der Waals surface area contributed by atoms with E-state index in [0.717, 1.165) is 18.0 Å². The SMILES string of the molecule is C#CCN(CC1CC1)c1ccc(CO)cc1C. The molecule has 1 aliphatic carbocycles. The fraction of sp³-hybridized carbons (Fsp3) is 0.467. The van der Waals surface area contributed by atoms with Gasteiger partial charge in [-0.2, -0.15) is 0 Å². The zero-order valence-corrected chi connectivity index (χ0v) is 10.3. The van der Waals surface area contributed by atoms with E-state index in [1.165, 1.54) is 24.1 Å². The first kappa shape index (κ1) is 12.0. The van der Waals surface area contributed by atoms with Crippen molar-refractivity contribution in [2.45, 2.75) is 26.4 Å². The third-order valence-corrected chi connectivity index (χ3v) is 3.24. The Labute approximate surface area is 103 Å². The first-order valence-corrected chi connectivity index (χ1v) is 6.13. The van der Waals surface area contributed by atoms with Crippen molar-refractivity contribution < 1.29 is 5.11 Å². The van der Waals surface area contributed by atoms with Crippen molar-refractivity contribution in [1.82, 2.24) is 0 Å². The third-order valence-electron chi connectivity index (χ3n) is 3.24. The molecule has 1 N–H and O–H groups in total. The molecule has 0 aromatic heterocycles. The lowest BCUT2D eigenvalue weighted by atomic mass is 10.1. The van der Waals surface area contributed by atoms with E-state index >= 15 is 0 Å². The van der Waals surface area contributed by atoms with Crippen LogP contribution in [0.25, 0.3) is 0 Å². The van der Waals surface area contributed by atoms with Crippen LogP contribution in [-0.4, -0.2) is 18.2 Å². The van der Waals surface area contributed by atoms with Crippen molar-refractivity contribution in [2.75, 3.05) is 18.0 Å². The molecular formula is C15H19NO. The smallest absolute Gasteiger partial charge is 0.0791 e. The van der Waals surface area contributed by atoms with Crippen LogP contribution < -0.4 is 4.90 Å². The molecule has 0 saturated heterocycles. The largest absolute Gasteiger partial charge is 0.392 e. The molecule has 1 aromatic rings. The summed E-state index contributed by atoms with van der Waals surface area (Å²) in [5.41, 5.74) is 3.35. The van der Waals surface area contributed by atoms with Crippen LogP contribution in [-0.2, 0) is 6.61 Å². The molecule has 90 valence electrons. The standard InChI is InChI=1S/C15H19NO/c1-3-8-16(10-13-4-5-13)15-7-6-14(11-17)9-12(15)2/h1,6-7,9,13,17H,4-5,8,10-11H2,2H3. The molecule has 1 fully saturated rings. The Balaban J connectivity index is 2.19. The third kappa shape index (κ3) is 3.01. The highest BCUT2D eigenvalue weighted by Gasteiger charge is 2.24. The summed E-state index contributed by atoms with van der Waals surface area (Å²) in [7, 11) is 0. The maximum absolute atomic E-state index is 9.10. The second kappa shape index (κ2) is 5.25. The Morgan fingerprint density at radius 1 is 1.47 bits per heavy atom. The van der Waals surface area contributed by atoms with Crippen LogP contribution in [0.3, 0.4) is 0 Å². The number of aryl methyl sites for hydroxylation is 1. The molecule has 0 atom stereocenters. The van der Waals surface area contributed by atoms with Gasteiger partial charge in [-0.3, -0.25) is 0 Å². The topological polar surface area (TPSA) is 23.5 Å². The molecule has 1 aromatic carbocycles. The maximum Gasteiger partial charge on any atom is 0.0791 e. The number of rotatable bonds is 5. The molecule has 2 heteroatoms. The number of terminal acetylenes is 1. The second-order valence-corrected chi connectivity index (χ2v) is 4.81. The molecule has 0 heterocycles. The number of anilines is 1. The van der Waals surface area contributed by atoms with Crippen molar-refractivity contribution >= 4 is 5.69 Å². The average Bonchev–Trinajstić information content (AvgIpc) is 3.12. The van der Waals surface area contributed by atoms with Gasteiger partial charge in [0.15, 0.2) is 0 Å². The summed E-state index contributed by atoms with van der Waals surface area (Å²) in [5.74, 6) is 3.55. The number of hydrogen-bond donors (Lipinski definition) is 1.